The van der Waals surface area contributed by atoms with Gasteiger partial charge >= 0.3 is 0 Å². The summed E-state index contributed by atoms with van der Waals surface area (Å²) >= 11 is 0. The van der Waals surface area contributed by atoms with Crippen molar-refractivity contribution in [2.75, 3.05) is 32.7 Å². The second kappa shape index (κ2) is 6.88. The van der Waals surface area contributed by atoms with Gasteiger partial charge in [-0.3, -0.25) is 14.5 Å². The summed E-state index contributed by atoms with van der Waals surface area (Å²) in [5.74, 6) is 1.06. The van der Waals surface area contributed by atoms with Gasteiger partial charge in [-0.25, -0.2) is 0 Å². The number of nitrogens with zero attached hydrogens (tertiary/aromatic N) is 2. The standard InChI is InChI=1S/C14H26N2O2/c1-11(2)9-14(18)16-7-5-15(6-8-16)10-13(17)12(3)4/h11-12H,5-10H2,1-4H3. The molecule has 0 saturated carbocycles. The van der Waals surface area contributed by atoms with Crippen LogP contribution in [0.15, 0.2) is 0 Å². The third-order valence-electron chi connectivity index (χ3n) is 3.33. The molecule has 0 aromatic rings. The van der Waals surface area contributed by atoms with Crippen LogP contribution in [0.5, 0.6) is 0 Å². The molecule has 1 rings (SSSR count). The summed E-state index contributed by atoms with van der Waals surface area (Å²) in [4.78, 5) is 27.6. The highest BCUT2D eigenvalue weighted by atomic mass is 16.2. The van der Waals surface area contributed by atoms with E-state index in [1.807, 2.05) is 18.7 Å². The Hall–Kier alpha value is -0.900. The van der Waals surface area contributed by atoms with E-state index in [-0.39, 0.29) is 17.6 Å². The zero-order valence-electron chi connectivity index (χ0n) is 12.1. The monoisotopic (exact) mass is 254 g/mol. The van der Waals surface area contributed by atoms with E-state index in [9.17, 15) is 9.59 Å². The van der Waals surface area contributed by atoms with Crippen LogP contribution in [0.2, 0.25) is 0 Å². The van der Waals surface area contributed by atoms with Crippen LogP contribution in [0.25, 0.3) is 0 Å². The normalized spacial score (nSPS) is 17.6. The second-order valence-corrected chi connectivity index (χ2v) is 5.88. The van der Waals surface area contributed by atoms with Gasteiger partial charge in [0.25, 0.3) is 0 Å². The SMILES string of the molecule is CC(C)CC(=O)N1CCN(CC(=O)C(C)C)CC1. The van der Waals surface area contributed by atoms with E-state index in [2.05, 4.69) is 18.7 Å². The van der Waals surface area contributed by atoms with Crippen molar-refractivity contribution in [3.63, 3.8) is 0 Å². The minimum absolute atomic E-state index is 0.102. The number of amides is 1. The Morgan fingerprint density at radius 1 is 1.00 bits per heavy atom. The van der Waals surface area contributed by atoms with Gasteiger partial charge in [0, 0.05) is 38.5 Å². The molecule has 4 nitrogen and oxygen atoms in total. The number of ketones is 1. The van der Waals surface area contributed by atoms with Crippen molar-refractivity contribution < 1.29 is 9.59 Å². The minimum atomic E-state index is 0.102. The average Bonchev–Trinajstić information content (AvgIpc) is 2.28. The highest BCUT2D eigenvalue weighted by molar-refractivity contribution is 5.82. The number of rotatable bonds is 5. The fourth-order valence-corrected chi connectivity index (χ4v) is 2.04. The largest absolute Gasteiger partial charge is 0.340 e. The smallest absolute Gasteiger partial charge is 0.222 e. The number of Topliss-reactive ketones (excluding diaryl/α,β-unsaturated/α-hetero) is 1. The molecule has 0 aromatic heterocycles. The van der Waals surface area contributed by atoms with E-state index in [4.69, 9.17) is 0 Å². The molecular formula is C14H26N2O2. The van der Waals surface area contributed by atoms with Gasteiger partial charge in [0.2, 0.25) is 5.91 Å². The summed E-state index contributed by atoms with van der Waals surface area (Å²) in [6.45, 7) is 11.7. The predicted molar refractivity (Wildman–Crippen MR) is 72.3 cm³/mol. The summed E-state index contributed by atoms with van der Waals surface area (Å²) < 4.78 is 0. The van der Waals surface area contributed by atoms with Crippen molar-refractivity contribution >= 4 is 11.7 Å². The molecule has 1 saturated heterocycles. The molecule has 1 fully saturated rings. The number of piperazine rings is 1. The Labute approximate surface area is 110 Å². The van der Waals surface area contributed by atoms with Crippen molar-refractivity contribution in [3.05, 3.63) is 0 Å². The number of carbonyl (C=O) groups is 2. The fraction of sp³-hybridized carbons (Fsp3) is 0.857. The molecule has 4 heteroatoms. The zero-order chi connectivity index (χ0) is 13.7. The molecule has 1 amide bonds. The van der Waals surface area contributed by atoms with Gasteiger partial charge < -0.3 is 4.90 Å². The van der Waals surface area contributed by atoms with Crippen LogP contribution < -0.4 is 0 Å². The first-order chi connectivity index (χ1) is 8.40. The van der Waals surface area contributed by atoms with E-state index in [1.54, 1.807) is 0 Å². The second-order valence-electron chi connectivity index (χ2n) is 5.88. The van der Waals surface area contributed by atoms with Gasteiger partial charge in [-0.15, -0.1) is 0 Å². The molecule has 0 spiro atoms. The van der Waals surface area contributed by atoms with Crippen LogP contribution in [-0.4, -0.2) is 54.2 Å². The van der Waals surface area contributed by atoms with Crippen LogP contribution in [0, 0.1) is 11.8 Å². The van der Waals surface area contributed by atoms with Crippen LogP contribution in [-0.2, 0) is 9.59 Å². The Kier molecular flexibility index (Phi) is 5.79. The van der Waals surface area contributed by atoms with Crippen molar-refractivity contribution in [1.82, 2.24) is 9.80 Å². The van der Waals surface area contributed by atoms with E-state index in [0.29, 0.717) is 18.9 Å². The van der Waals surface area contributed by atoms with Gasteiger partial charge in [-0.1, -0.05) is 27.7 Å². The highest BCUT2D eigenvalue weighted by Gasteiger charge is 2.23. The van der Waals surface area contributed by atoms with Gasteiger partial charge in [-0.05, 0) is 5.92 Å². The molecule has 0 atom stereocenters. The maximum Gasteiger partial charge on any atom is 0.222 e. The summed E-state index contributed by atoms with van der Waals surface area (Å²) in [5, 5.41) is 0. The maximum absolute atomic E-state index is 11.9. The van der Waals surface area contributed by atoms with E-state index >= 15 is 0 Å². The third kappa shape index (κ3) is 4.77. The van der Waals surface area contributed by atoms with Gasteiger partial charge in [0.05, 0.1) is 6.54 Å². The van der Waals surface area contributed by atoms with Crippen molar-refractivity contribution in [1.29, 1.82) is 0 Å². The molecule has 0 bridgehead atoms. The Balaban J connectivity index is 2.32. The molecule has 0 N–H and O–H groups in total. The zero-order valence-corrected chi connectivity index (χ0v) is 12.1. The van der Waals surface area contributed by atoms with Crippen LogP contribution >= 0.6 is 0 Å². The first kappa shape index (κ1) is 15.2. The van der Waals surface area contributed by atoms with E-state index < -0.39 is 0 Å². The van der Waals surface area contributed by atoms with Gasteiger partial charge in [-0.2, -0.15) is 0 Å². The first-order valence-corrected chi connectivity index (χ1v) is 6.93. The number of carbonyl (C=O) groups excluding carboxylic acids is 2. The van der Waals surface area contributed by atoms with Gasteiger partial charge in [0.1, 0.15) is 5.78 Å². The number of hydrogen-bond acceptors (Lipinski definition) is 3. The quantitative estimate of drug-likeness (QED) is 0.744. The van der Waals surface area contributed by atoms with Crippen molar-refractivity contribution in [3.8, 4) is 0 Å². The summed E-state index contributed by atoms with van der Waals surface area (Å²) in [7, 11) is 0. The topological polar surface area (TPSA) is 40.6 Å². The molecule has 1 aliphatic rings. The van der Waals surface area contributed by atoms with Crippen LogP contribution in [0.3, 0.4) is 0 Å². The number of hydrogen-bond donors (Lipinski definition) is 0. The molecule has 0 radical (unpaired) electrons. The van der Waals surface area contributed by atoms with E-state index in [1.165, 1.54) is 0 Å². The lowest BCUT2D eigenvalue weighted by atomic mass is 10.1. The average molecular weight is 254 g/mol. The Bertz CT molecular complexity index is 292. The van der Waals surface area contributed by atoms with E-state index in [0.717, 1.165) is 26.2 Å². The molecule has 0 aliphatic carbocycles. The lowest BCUT2D eigenvalue weighted by Gasteiger charge is -2.35. The molecule has 1 heterocycles. The lowest BCUT2D eigenvalue weighted by molar-refractivity contribution is -0.134. The Morgan fingerprint density at radius 3 is 2.00 bits per heavy atom. The van der Waals surface area contributed by atoms with Crippen LogP contribution in [0.4, 0.5) is 0 Å². The van der Waals surface area contributed by atoms with Crippen LogP contribution in [0.1, 0.15) is 34.1 Å². The summed E-state index contributed by atoms with van der Waals surface area (Å²) in [5.41, 5.74) is 0. The first-order valence-electron chi connectivity index (χ1n) is 6.93. The third-order valence-corrected chi connectivity index (χ3v) is 3.33. The van der Waals surface area contributed by atoms with Gasteiger partial charge in [0.15, 0.2) is 0 Å². The molecule has 0 unspecified atom stereocenters. The lowest BCUT2D eigenvalue weighted by Crippen LogP contribution is -2.50. The fourth-order valence-electron chi connectivity index (χ4n) is 2.04. The van der Waals surface area contributed by atoms with Crippen molar-refractivity contribution in [2.24, 2.45) is 11.8 Å². The summed E-state index contributed by atoms with van der Waals surface area (Å²) in [6, 6.07) is 0. The molecule has 104 valence electrons. The molecule has 18 heavy (non-hydrogen) atoms. The molecular weight excluding hydrogens is 228 g/mol. The van der Waals surface area contributed by atoms with Crippen molar-refractivity contribution in [2.45, 2.75) is 34.1 Å². The molecule has 1 aliphatic heterocycles. The summed E-state index contributed by atoms with van der Waals surface area (Å²) in [6.07, 6.45) is 0.630. The maximum atomic E-state index is 11.9. The minimum Gasteiger partial charge on any atom is -0.340 e. The Morgan fingerprint density at radius 2 is 1.56 bits per heavy atom. The molecule has 0 aromatic carbocycles. The highest BCUT2D eigenvalue weighted by Crippen LogP contribution is 2.08. The predicted octanol–water partition coefficient (Wildman–Crippen LogP) is 1.40.